The minimum absolute atomic E-state index is 0.232. The zero-order chi connectivity index (χ0) is 44.6. The second-order valence-electron chi connectivity index (χ2n) is 18.6. The summed E-state index contributed by atoms with van der Waals surface area (Å²) in [5.74, 6) is -11.8. The first-order valence-corrected chi connectivity index (χ1v) is 20.0. The summed E-state index contributed by atoms with van der Waals surface area (Å²) >= 11 is 0. The summed E-state index contributed by atoms with van der Waals surface area (Å²) in [6.45, 7) is 11.5. The first-order chi connectivity index (χ1) is 28.3. The van der Waals surface area contributed by atoms with Gasteiger partial charge in [0.15, 0.2) is 23.4 Å². The average Bonchev–Trinajstić information content (AvgIpc) is 3.56. The summed E-state index contributed by atoms with van der Waals surface area (Å²) in [4.78, 5) is 95.8. The van der Waals surface area contributed by atoms with Gasteiger partial charge in [-0.1, -0.05) is 27.7 Å². The van der Waals surface area contributed by atoms with E-state index in [2.05, 4.69) is 0 Å². The van der Waals surface area contributed by atoms with Crippen LogP contribution in [0.3, 0.4) is 0 Å². The molecular formula is C41H48O20. The van der Waals surface area contributed by atoms with Crippen molar-refractivity contribution in [1.29, 1.82) is 0 Å². The van der Waals surface area contributed by atoms with Crippen molar-refractivity contribution in [1.82, 2.24) is 0 Å². The summed E-state index contributed by atoms with van der Waals surface area (Å²) in [7, 11) is 1.03. The molecule has 5 saturated carbocycles. The van der Waals surface area contributed by atoms with Crippen LogP contribution in [0.15, 0.2) is 23.0 Å². The Morgan fingerprint density at radius 2 is 1.43 bits per heavy atom. The lowest BCUT2D eigenvalue weighted by Crippen LogP contribution is -2.97. The van der Waals surface area contributed by atoms with Gasteiger partial charge >= 0.3 is 41.8 Å². The van der Waals surface area contributed by atoms with E-state index in [0.29, 0.717) is 0 Å². The van der Waals surface area contributed by atoms with Gasteiger partial charge in [-0.25, -0.2) is 9.59 Å². The molecular weight excluding hydrogens is 812 g/mol. The number of aliphatic hydroxyl groups is 2. The van der Waals surface area contributed by atoms with Crippen LogP contribution in [0.1, 0.15) is 86.8 Å². The second-order valence-corrected chi connectivity index (χ2v) is 18.6. The van der Waals surface area contributed by atoms with E-state index in [0.717, 1.165) is 41.7 Å². The Morgan fingerprint density at radius 1 is 0.820 bits per heavy atom. The van der Waals surface area contributed by atoms with Gasteiger partial charge in [0, 0.05) is 62.8 Å². The van der Waals surface area contributed by atoms with E-state index in [1.165, 1.54) is 32.4 Å². The fourth-order valence-electron chi connectivity index (χ4n) is 14.4. The Hall–Kier alpha value is -4.63. The summed E-state index contributed by atoms with van der Waals surface area (Å²) in [5, 5.41) is 27.8. The van der Waals surface area contributed by atoms with Crippen LogP contribution in [0.5, 0.6) is 0 Å². The third-order valence-corrected chi connectivity index (χ3v) is 15.7. The van der Waals surface area contributed by atoms with Crippen LogP contribution in [0.25, 0.3) is 0 Å². The smallest absolute Gasteiger partial charge is 0.348 e. The lowest BCUT2D eigenvalue weighted by Gasteiger charge is -2.77. The average molecular weight is 861 g/mol. The van der Waals surface area contributed by atoms with Crippen molar-refractivity contribution >= 4 is 41.8 Å². The van der Waals surface area contributed by atoms with Gasteiger partial charge in [0.25, 0.3) is 5.97 Å². The van der Waals surface area contributed by atoms with Crippen LogP contribution in [-0.4, -0.2) is 124 Å². The molecule has 8 fully saturated rings. The fraction of sp³-hybridized carbons (Fsp3) is 0.732. The fourth-order valence-corrected chi connectivity index (χ4v) is 14.4. The predicted octanol–water partition coefficient (Wildman–Crippen LogP) is 0.854. The number of esters is 7. The molecule has 4 bridgehead atoms. The number of hydrogen-bond donors (Lipinski definition) is 2. The molecule has 8 aliphatic rings. The molecule has 17 atom stereocenters. The summed E-state index contributed by atoms with van der Waals surface area (Å²) in [6, 6.07) is 1.49. The first kappa shape index (κ1) is 41.7. The molecule has 0 aromatic carbocycles. The van der Waals surface area contributed by atoms with Crippen molar-refractivity contribution in [2.75, 3.05) is 7.11 Å². The van der Waals surface area contributed by atoms with Gasteiger partial charge in [-0.05, 0) is 18.9 Å². The number of furan rings is 1. The van der Waals surface area contributed by atoms with Gasteiger partial charge in [0.2, 0.25) is 12.2 Å². The number of rotatable bonds is 9. The maximum absolute atomic E-state index is 14.8. The van der Waals surface area contributed by atoms with E-state index in [9.17, 15) is 43.8 Å². The molecule has 20 heteroatoms. The molecule has 4 heterocycles. The van der Waals surface area contributed by atoms with Crippen molar-refractivity contribution in [3.63, 3.8) is 0 Å². The SMILES string of the molecule is COC(=O)[C@H](OC(C)=O)[C@H]1[C@]2(C)C[C@]3(O)[C@@](O)([C@H]4OC5(C(C)C)O[C@@]6([C@H](OC(C)=O)[C@H](OC(C)=O)[C@]78C[C@]7([C@@H](OC(C)=O)C(=O)O[C@H]8c7ccoc7)[C@@]46O5)[C@]13C)[C@H]2OC(C)=O. The van der Waals surface area contributed by atoms with E-state index >= 15 is 0 Å². The minimum Gasteiger partial charge on any atom is -0.472 e. The Kier molecular flexibility index (Phi) is 8.26. The van der Waals surface area contributed by atoms with Gasteiger partial charge in [0.05, 0.1) is 30.5 Å². The maximum Gasteiger partial charge on any atom is 0.348 e. The van der Waals surface area contributed by atoms with Crippen LogP contribution in [0.2, 0.25) is 0 Å². The van der Waals surface area contributed by atoms with Crippen LogP contribution in [0.4, 0.5) is 0 Å². The summed E-state index contributed by atoms with van der Waals surface area (Å²) in [5.41, 5.74) is -18.4. The molecule has 1 aromatic heterocycles. The van der Waals surface area contributed by atoms with Gasteiger partial charge in [-0.15, -0.1) is 0 Å². The first-order valence-electron chi connectivity index (χ1n) is 20.0. The monoisotopic (exact) mass is 860 g/mol. The Balaban J connectivity index is 1.50. The Labute approximate surface area is 348 Å². The molecule has 1 spiro atoms. The van der Waals surface area contributed by atoms with Crippen LogP contribution in [0, 0.1) is 33.5 Å². The second kappa shape index (κ2) is 12.1. The van der Waals surface area contributed by atoms with Crippen molar-refractivity contribution in [2.24, 2.45) is 33.5 Å². The van der Waals surface area contributed by atoms with Crippen LogP contribution >= 0.6 is 0 Å². The quantitative estimate of drug-likeness (QED) is 0.257. The third kappa shape index (κ3) is 4.13. The molecule has 9 rings (SSSR count). The zero-order valence-corrected chi connectivity index (χ0v) is 35.1. The van der Waals surface area contributed by atoms with Crippen molar-refractivity contribution in [3.8, 4) is 0 Å². The highest BCUT2D eigenvalue weighted by Crippen LogP contribution is 2.96. The summed E-state index contributed by atoms with van der Waals surface area (Å²) < 4.78 is 68.8. The minimum atomic E-state index is -2.80. The number of cyclic esters (lactones) is 1. The normalized spacial score (nSPS) is 49.1. The highest BCUT2D eigenvalue weighted by atomic mass is 17.0. The van der Waals surface area contributed by atoms with E-state index in [1.807, 2.05) is 0 Å². The van der Waals surface area contributed by atoms with E-state index in [1.54, 1.807) is 13.8 Å². The zero-order valence-electron chi connectivity index (χ0n) is 35.1. The lowest BCUT2D eigenvalue weighted by molar-refractivity contribution is -0.479. The number of ether oxygens (including phenoxy) is 10. The number of hydrogen-bond acceptors (Lipinski definition) is 20. The van der Waals surface area contributed by atoms with Gasteiger partial charge in [-0.2, -0.15) is 0 Å². The molecule has 3 aliphatic heterocycles. The Morgan fingerprint density at radius 3 is 1.97 bits per heavy atom. The maximum atomic E-state index is 14.8. The number of methoxy groups -OCH3 is 1. The molecule has 1 aromatic rings. The van der Waals surface area contributed by atoms with Crippen molar-refractivity contribution in [2.45, 2.75) is 146 Å². The third-order valence-electron chi connectivity index (χ3n) is 15.7. The molecule has 332 valence electrons. The van der Waals surface area contributed by atoms with E-state index in [4.69, 9.17) is 51.8 Å². The van der Waals surface area contributed by atoms with E-state index < -0.39 is 153 Å². The molecule has 61 heavy (non-hydrogen) atoms. The molecule has 2 N–H and O–H groups in total. The van der Waals surface area contributed by atoms with Crippen LogP contribution < -0.4 is 0 Å². The molecule has 3 saturated heterocycles. The Bertz CT molecular complexity index is 2190. The van der Waals surface area contributed by atoms with Crippen molar-refractivity contribution in [3.05, 3.63) is 24.2 Å². The molecule has 20 nitrogen and oxygen atoms in total. The summed E-state index contributed by atoms with van der Waals surface area (Å²) in [6.07, 6.45) is -11.1. The van der Waals surface area contributed by atoms with Gasteiger partial charge in [-0.3, -0.25) is 24.0 Å². The molecule has 0 radical (unpaired) electrons. The number of fused-ring (bicyclic) bond motifs is 3. The topological polar surface area (TPSA) is 265 Å². The lowest BCUT2D eigenvalue weighted by atomic mass is 9.33. The van der Waals surface area contributed by atoms with Gasteiger partial charge < -0.3 is 62.0 Å². The molecule has 5 aliphatic carbocycles. The number of carbonyl (C=O) groups excluding carboxylic acids is 7. The highest BCUT2D eigenvalue weighted by molar-refractivity contribution is 5.85. The molecule has 1 unspecified atom stereocenters. The van der Waals surface area contributed by atoms with Crippen molar-refractivity contribution < 1.29 is 95.6 Å². The highest BCUT2D eigenvalue weighted by Gasteiger charge is 3.12. The van der Waals surface area contributed by atoms with Gasteiger partial charge in [0.1, 0.15) is 29.5 Å². The standard InChI is InChI=1S/C41H48O20/c1-16(2)41-59-32-38(50)31(57-21(7)46)33(8)14-37(38,49)34(9,24(33)23(29(47)51-10)53-17(3)42)39(60-41)27(55-19(5)44)26(54-18(4)43)35-15-36(35,40(32,39)61-41)28(56-20(6)45)30(48)58-25(35)22-11-12-52-13-22/h11-13,16,23-28,31-32,49-50H,14-15H2,1-10H3/t23-,24+,25+,26+,27-,28+,31+,32-,33+,34-,35-,36-,37-,38+,39+,40+,41?/m1/s1. The van der Waals surface area contributed by atoms with Crippen LogP contribution in [-0.2, 0) is 80.9 Å². The number of carbonyl (C=O) groups is 7. The largest absolute Gasteiger partial charge is 0.472 e. The van der Waals surface area contributed by atoms with E-state index in [-0.39, 0.29) is 12.0 Å². The molecule has 0 amide bonds. The predicted molar refractivity (Wildman–Crippen MR) is 191 cm³/mol.